The summed E-state index contributed by atoms with van der Waals surface area (Å²) >= 11 is 0. The zero-order valence-electron chi connectivity index (χ0n) is 21.1. The topological polar surface area (TPSA) is 113 Å². The molecule has 1 atom stereocenters. The number of aromatic nitrogens is 3. The van der Waals surface area contributed by atoms with Crippen molar-refractivity contribution in [2.45, 2.75) is 18.9 Å². The molecule has 1 unspecified atom stereocenters. The van der Waals surface area contributed by atoms with Crippen LogP contribution in [-0.2, 0) is 11.8 Å². The Labute approximate surface area is 223 Å². The van der Waals surface area contributed by atoms with Crippen LogP contribution in [0.1, 0.15) is 24.4 Å². The van der Waals surface area contributed by atoms with Gasteiger partial charge in [-0.25, -0.2) is 9.18 Å². The summed E-state index contributed by atoms with van der Waals surface area (Å²) in [5.41, 5.74) is 4.09. The smallest absolute Gasteiger partial charge is 0.320 e. The Morgan fingerprint density at radius 2 is 1.97 bits per heavy atom. The minimum Gasteiger partial charge on any atom is -0.454 e. The molecule has 2 aliphatic rings. The largest absolute Gasteiger partial charge is 0.454 e. The molecule has 6 rings (SSSR count). The van der Waals surface area contributed by atoms with Crippen LogP contribution < -0.4 is 25.6 Å². The Balaban J connectivity index is 1.10. The number of ether oxygens (including phenoxy) is 1. The van der Waals surface area contributed by atoms with E-state index < -0.39 is 17.9 Å². The van der Waals surface area contributed by atoms with Gasteiger partial charge >= 0.3 is 6.03 Å². The number of hydrogen-bond acceptors (Lipinski definition) is 6. The third kappa shape index (κ3) is 5.11. The maximum absolute atomic E-state index is 14.8. The molecule has 3 amide bonds. The fourth-order valence-corrected chi connectivity index (χ4v) is 4.84. The van der Waals surface area contributed by atoms with Crippen molar-refractivity contribution in [3.05, 3.63) is 78.5 Å². The lowest BCUT2D eigenvalue weighted by Crippen LogP contribution is -2.36. The van der Waals surface area contributed by atoms with Gasteiger partial charge in [-0.2, -0.15) is 5.10 Å². The van der Waals surface area contributed by atoms with Crippen LogP contribution in [0.4, 0.5) is 26.2 Å². The van der Waals surface area contributed by atoms with E-state index in [0.717, 1.165) is 43.2 Å². The number of carbonyl (C=O) groups is 2. The summed E-state index contributed by atoms with van der Waals surface area (Å²) in [7, 11) is 1.81. The van der Waals surface area contributed by atoms with Crippen LogP contribution in [0.25, 0.3) is 11.3 Å². The summed E-state index contributed by atoms with van der Waals surface area (Å²) in [5.74, 6) is -0.593. The third-order valence-electron chi connectivity index (χ3n) is 6.76. The van der Waals surface area contributed by atoms with Gasteiger partial charge in [0.25, 0.3) is 5.91 Å². The van der Waals surface area contributed by atoms with Crippen molar-refractivity contribution in [1.82, 2.24) is 20.1 Å². The first kappa shape index (κ1) is 24.4. The Morgan fingerprint density at radius 1 is 1.13 bits per heavy atom. The highest BCUT2D eigenvalue weighted by Gasteiger charge is 2.32. The fourth-order valence-electron chi connectivity index (χ4n) is 4.84. The highest BCUT2D eigenvalue weighted by molar-refractivity contribution is 6.05. The molecule has 3 N–H and O–H groups in total. The van der Waals surface area contributed by atoms with Crippen molar-refractivity contribution >= 4 is 29.0 Å². The van der Waals surface area contributed by atoms with Gasteiger partial charge in [0.2, 0.25) is 0 Å². The molecule has 39 heavy (non-hydrogen) atoms. The molecule has 4 heterocycles. The quantitative estimate of drug-likeness (QED) is 0.331. The van der Waals surface area contributed by atoms with Crippen LogP contribution in [0.5, 0.6) is 11.5 Å². The number of anilines is 3. The summed E-state index contributed by atoms with van der Waals surface area (Å²) < 4.78 is 22.2. The number of pyridine rings is 1. The predicted octanol–water partition coefficient (Wildman–Crippen LogP) is 4.83. The van der Waals surface area contributed by atoms with E-state index in [9.17, 15) is 14.0 Å². The minimum atomic E-state index is -0.846. The number of hydrogen-bond donors (Lipinski definition) is 3. The van der Waals surface area contributed by atoms with Crippen LogP contribution >= 0.6 is 0 Å². The molecular weight excluding hydrogens is 501 g/mol. The van der Waals surface area contributed by atoms with Crippen molar-refractivity contribution in [2.75, 3.05) is 28.6 Å². The van der Waals surface area contributed by atoms with Crippen molar-refractivity contribution in [1.29, 1.82) is 0 Å². The third-order valence-corrected chi connectivity index (χ3v) is 6.76. The molecule has 0 radical (unpaired) electrons. The fraction of sp³-hybridized carbons (Fsp3) is 0.214. The number of halogens is 1. The Morgan fingerprint density at radius 3 is 2.74 bits per heavy atom. The van der Waals surface area contributed by atoms with Gasteiger partial charge in [0.05, 0.1) is 11.9 Å². The molecule has 11 heteroatoms. The number of aryl methyl sites for hydroxylation is 1. The van der Waals surface area contributed by atoms with E-state index in [1.165, 1.54) is 12.1 Å². The van der Waals surface area contributed by atoms with Gasteiger partial charge in [-0.05, 0) is 43.2 Å². The first-order chi connectivity index (χ1) is 18.9. The van der Waals surface area contributed by atoms with Crippen LogP contribution in [0.3, 0.4) is 0 Å². The molecule has 2 aromatic heterocycles. The van der Waals surface area contributed by atoms with Crippen LogP contribution in [-0.4, -0.2) is 39.8 Å². The molecule has 1 saturated heterocycles. The lowest BCUT2D eigenvalue weighted by molar-refractivity contribution is -0.117. The van der Waals surface area contributed by atoms with Gasteiger partial charge < -0.3 is 25.6 Å². The average molecular weight is 528 g/mol. The molecule has 2 aromatic carbocycles. The lowest BCUT2D eigenvalue weighted by Gasteiger charge is -2.19. The van der Waals surface area contributed by atoms with Crippen molar-refractivity contribution < 1.29 is 18.7 Å². The Hall–Kier alpha value is -4.93. The second kappa shape index (κ2) is 10.1. The van der Waals surface area contributed by atoms with Crippen molar-refractivity contribution in [3.8, 4) is 22.8 Å². The van der Waals surface area contributed by atoms with Gasteiger partial charge in [-0.15, -0.1) is 0 Å². The Bertz CT molecular complexity index is 1560. The molecule has 0 bridgehead atoms. The SMILES string of the molecule is Cn1cc(-c2cc(Oc3ccc(NC(=O)NC4C(=O)Nc5cc(N6CCCC6)ccc54)cc3F)ccn2)cn1. The van der Waals surface area contributed by atoms with Gasteiger partial charge in [-0.3, -0.25) is 14.5 Å². The van der Waals surface area contributed by atoms with Crippen LogP contribution in [0.2, 0.25) is 0 Å². The van der Waals surface area contributed by atoms with E-state index in [2.05, 4.69) is 30.9 Å². The first-order valence-electron chi connectivity index (χ1n) is 12.6. The first-order valence-corrected chi connectivity index (χ1v) is 12.6. The van der Waals surface area contributed by atoms with E-state index in [4.69, 9.17) is 4.74 Å². The number of nitrogens with one attached hydrogen (secondary N) is 3. The Kier molecular flexibility index (Phi) is 6.31. The van der Waals surface area contributed by atoms with Gasteiger partial charge in [-0.1, -0.05) is 6.07 Å². The average Bonchev–Trinajstić information content (AvgIpc) is 3.67. The lowest BCUT2D eigenvalue weighted by atomic mass is 10.1. The zero-order valence-corrected chi connectivity index (χ0v) is 21.1. The zero-order chi connectivity index (χ0) is 26.9. The highest BCUT2D eigenvalue weighted by atomic mass is 19.1. The van der Waals surface area contributed by atoms with E-state index in [0.29, 0.717) is 22.7 Å². The van der Waals surface area contributed by atoms with E-state index in [-0.39, 0.29) is 17.3 Å². The number of rotatable bonds is 6. The number of carbonyl (C=O) groups excluding carboxylic acids is 2. The second-order valence-corrected chi connectivity index (χ2v) is 9.51. The maximum Gasteiger partial charge on any atom is 0.320 e. The van der Waals surface area contributed by atoms with E-state index in [1.54, 1.807) is 36.3 Å². The number of amides is 3. The molecule has 0 saturated carbocycles. The van der Waals surface area contributed by atoms with Gasteiger partial charge in [0.1, 0.15) is 11.8 Å². The molecule has 0 aliphatic carbocycles. The predicted molar refractivity (Wildman–Crippen MR) is 144 cm³/mol. The summed E-state index contributed by atoms with van der Waals surface area (Å²) in [5, 5.41) is 12.2. The second-order valence-electron chi connectivity index (χ2n) is 9.51. The molecular formula is C28H26FN7O3. The molecule has 198 valence electrons. The highest BCUT2D eigenvalue weighted by Crippen LogP contribution is 2.35. The molecule has 4 aromatic rings. The van der Waals surface area contributed by atoms with Gasteiger partial charge in [0, 0.05) is 72.9 Å². The molecule has 2 aliphatic heterocycles. The summed E-state index contributed by atoms with van der Waals surface area (Å²) in [6.07, 6.45) is 7.37. The number of benzene rings is 2. The summed E-state index contributed by atoms with van der Waals surface area (Å²) in [4.78, 5) is 31.8. The summed E-state index contributed by atoms with van der Waals surface area (Å²) in [6, 6.07) is 11.7. The van der Waals surface area contributed by atoms with Crippen molar-refractivity contribution in [2.24, 2.45) is 7.05 Å². The number of nitrogens with zero attached hydrogens (tertiary/aromatic N) is 4. The molecule has 0 spiro atoms. The van der Waals surface area contributed by atoms with E-state index >= 15 is 0 Å². The molecule has 10 nitrogen and oxygen atoms in total. The van der Waals surface area contributed by atoms with Crippen LogP contribution in [0, 0.1) is 5.82 Å². The monoisotopic (exact) mass is 527 g/mol. The minimum absolute atomic E-state index is 0.0119. The number of fused-ring (bicyclic) bond motifs is 1. The number of urea groups is 1. The van der Waals surface area contributed by atoms with E-state index in [1.807, 2.05) is 24.4 Å². The molecule has 1 fully saturated rings. The normalized spacial score (nSPS) is 16.1. The standard InChI is InChI=1S/C28H26FN7O3/c1-35-16-17(15-31-35)23-14-20(8-9-30-23)39-25-7-4-18(12-22(25)29)32-28(38)34-26-21-6-5-19(36-10-2-3-11-36)13-24(21)33-27(26)37/h4-9,12-16,26H,2-3,10-11H2,1H3,(H,33,37)(H2,32,34,38). The van der Waals surface area contributed by atoms with Crippen molar-refractivity contribution in [3.63, 3.8) is 0 Å². The summed E-state index contributed by atoms with van der Waals surface area (Å²) in [6.45, 7) is 1.98. The maximum atomic E-state index is 14.8. The van der Waals surface area contributed by atoms with Gasteiger partial charge in [0.15, 0.2) is 11.6 Å². The van der Waals surface area contributed by atoms with Crippen LogP contribution in [0.15, 0.2) is 67.1 Å².